The maximum atomic E-state index is 8.82. The van der Waals surface area contributed by atoms with Crippen LogP contribution in [0, 0.1) is 0 Å². The normalized spacial score (nSPS) is 8.00. The van der Waals surface area contributed by atoms with Gasteiger partial charge in [0, 0.05) is 17.1 Å². The maximum absolute atomic E-state index is 8.82. The fourth-order valence-corrected chi connectivity index (χ4v) is 1.25. The van der Waals surface area contributed by atoms with Gasteiger partial charge in [0.15, 0.2) is 0 Å². The molecular formula is C18H18FeO-6. The number of rotatable bonds is 1. The first kappa shape index (κ1) is 18.0. The monoisotopic (exact) mass is 306 g/mol. The molecule has 0 aliphatic rings. The largest absolute Gasteiger partial charge is 0.748 e. The predicted octanol–water partition coefficient (Wildman–Crippen LogP) is 4.84. The summed E-state index contributed by atoms with van der Waals surface area (Å²) in [6, 6.07) is 26.9. The summed E-state index contributed by atoms with van der Waals surface area (Å²) in [6.07, 6.45) is 1.74. The SMILES string of the molecule is C=Cc1ccc(O)cc1.[Fe].[cH-]1[cH-][cH-][cH-][cH-]1.c1cc[cH-]c1. The fourth-order valence-electron chi connectivity index (χ4n) is 1.25. The molecule has 0 radical (unpaired) electrons. The van der Waals surface area contributed by atoms with Crippen LogP contribution in [0.1, 0.15) is 5.56 Å². The van der Waals surface area contributed by atoms with Crippen LogP contribution in [0.15, 0.2) is 91.5 Å². The molecular weight excluding hydrogens is 288 g/mol. The van der Waals surface area contributed by atoms with Crippen molar-refractivity contribution in [2.75, 3.05) is 0 Å². The van der Waals surface area contributed by atoms with Crippen LogP contribution in [-0.2, 0) is 17.1 Å². The van der Waals surface area contributed by atoms with E-state index in [0.29, 0.717) is 5.75 Å². The molecule has 20 heavy (non-hydrogen) atoms. The summed E-state index contributed by atoms with van der Waals surface area (Å²) in [6.45, 7) is 3.58. The Morgan fingerprint density at radius 2 is 1.30 bits per heavy atom. The van der Waals surface area contributed by atoms with Crippen LogP contribution in [0.2, 0.25) is 0 Å². The number of hydrogen-bond donors (Lipinski definition) is 1. The molecule has 3 rings (SSSR count). The minimum absolute atomic E-state index is 0. The van der Waals surface area contributed by atoms with E-state index in [1.54, 1.807) is 18.2 Å². The van der Waals surface area contributed by atoms with Gasteiger partial charge in [0.1, 0.15) is 5.75 Å². The Hall–Kier alpha value is -2.02. The smallest absolute Gasteiger partial charge is 0.115 e. The third-order valence-corrected chi connectivity index (χ3v) is 2.24. The van der Waals surface area contributed by atoms with Gasteiger partial charge >= 0.3 is 0 Å². The van der Waals surface area contributed by atoms with Crippen molar-refractivity contribution in [1.29, 1.82) is 0 Å². The predicted molar refractivity (Wildman–Crippen MR) is 82.3 cm³/mol. The average Bonchev–Trinajstić information content (AvgIpc) is 3.18. The summed E-state index contributed by atoms with van der Waals surface area (Å²) in [7, 11) is 0. The summed E-state index contributed by atoms with van der Waals surface area (Å²) in [5.74, 6) is 0.292. The van der Waals surface area contributed by atoms with E-state index in [4.69, 9.17) is 5.11 Å². The third-order valence-electron chi connectivity index (χ3n) is 2.24. The minimum Gasteiger partial charge on any atom is -0.748 e. The second-order valence-electron chi connectivity index (χ2n) is 3.72. The molecule has 3 aromatic carbocycles. The quantitative estimate of drug-likeness (QED) is 0.503. The van der Waals surface area contributed by atoms with E-state index in [9.17, 15) is 0 Å². The fraction of sp³-hybridized carbons (Fsp3) is 0. The Morgan fingerprint density at radius 3 is 1.60 bits per heavy atom. The van der Waals surface area contributed by atoms with E-state index in [0.717, 1.165) is 5.56 Å². The Labute approximate surface area is 131 Å². The Bertz CT molecular complexity index is 446. The topological polar surface area (TPSA) is 20.2 Å². The van der Waals surface area contributed by atoms with Crippen molar-refractivity contribution in [3.8, 4) is 5.75 Å². The first-order valence-corrected chi connectivity index (χ1v) is 6.08. The van der Waals surface area contributed by atoms with Crippen LogP contribution in [0.5, 0.6) is 5.75 Å². The first-order valence-electron chi connectivity index (χ1n) is 6.08. The van der Waals surface area contributed by atoms with Gasteiger partial charge in [-0.05, 0) is 17.7 Å². The van der Waals surface area contributed by atoms with Crippen LogP contribution in [0.25, 0.3) is 6.08 Å². The van der Waals surface area contributed by atoms with E-state index in [1.165, 1.54) is 0 Å². The molecule has 110 valence electrons. The molecule has 0 saturated heterocycles. The van der Waals surface area contributed by atoms with Gasteiger partial charge in [-0.15, -0.1) is 0 Å². The molecule has 0 aromatic heterocycles. The number of phenols is 1. The van der Waals surface area contributed by atoms with Crippen molar-refractivity contribution in [3.05, 3.63) is 97.1 Å². The number of aromatic hydroxyl groups is 1. The summed E-state index contributed by atoms with van der Waals surface area (Å²) in [4.78, 5) is 0. The van der Waals surface area contributed by atoms with Gasteiger partial charge < -0.3 is 35.4 Å². The maximum Gasteiger partial charge on any atom is 0.115 e. The number of hydrogen-bond acceptors (Lipinski definition) is 1. The Morgan fingerprint density at radius 1 is 0.850 bits per heavy atom. The van der Waals surface area contributed by atoms with Gasteiger partial charge in [0.25, 0.3) is 0 Å². The van der Waals surface area contributed by atoms with E-state index in [1.807, 2.05) is 72.8 Å². The van der Waals surface area contributed by atoms with Crippen molar-refractivity contribution in [3.63, 3.8) is 0 Å². The van der Waals surface area contributed by atoms with E-state index in [-0.39, 0.29) is 17.1 Å². The van der Waals surface area contributed by atoms with Gasteiger partial charge in [0.2, 0.25) is 0 Å². The molecule has 0 aliphatic heterocycles. The first-order chi connectivity index (χ1) is 9.33. The van der Waals surface area contributed by atoms with Crippen molar-refractivity contribution in [1.82, 2.24) is 0 Å². The second-order valence-corrected chi connectivity index (χ2v) is 3.72. The van der Waals surface area contributed by atoms with Gasteiger partial charge in [-0.25, -0.2) is 12.1 Å². The molecule has 0 amide bonds. The molecule has 0 spiro atoms. The van der Waals surface area contributed by atoms with Gasteiger partial charge in [0.05, 0.1) is 0 Å². The zero-order valence-electron chi connectivity index (χ0n) is 11.2. The summed E-state index contributed by atoms with van der Waals surface area (Å²) < 4.78 is 0. The Balaban J connectivity index is 0.000000282. The number of phenolic OH excluding ortho intramolecular Hbond substituents is 1. The summed E-state index contributed by atoms with van der Waals surface area (Å²) in [5, 5.41) is 8.82. The molecule has 0 atom stereocenters. The molecule has 2 heteroatoms. The van der Waals surface area contributed by atoms with Gasteiger partial charge in [-0.3, -0.25) is 0 Å². The molecule has 0 aliphatic carbocycles. The minimum atomic E-state index is 0. The van der Waals surface area contributed by atoms with Gasteiger partial charge in [-0.2, -0.15) is 18.2 Å². The van der Waals surface area contributed by atoms with E-state index < -0.39 is 0 Å². The van der Waals surface area contributed by atoms with Crippen LogP contribution in [0.3, 0.4) is 0 Å². The zero-order chi connectivity index (χ0) is 13.8. The molecule has 0 heterocycles. The molecule has 0 bridgehead atoms. The zero-order valence-corrected chi connectivity index (χ0v) is 12.3. The molecule has 0 unspecified atom stereocenters. The standard InChI is InChI=1S/C8H8O.2C5H5.Fe/c1-2-7-3-5-8(9)6-4-7;2*1-2-4-5-3-1;/h2-6,9H,1H2;2*1-5H;/q;-5;-1;. The van der Waals surface area contributed by atoms with Gasteiger partial charge in [-0.1, -0.05) is 24.8 Å². The van der Waals surface area contributed by atoms with Crippen LogP contribution in [0.4, 0.5) is 0 Å². The summed E-state index contributed by atoms with van der Waals surface area (Å²) in [5.41, 5.74) is 1.02. The number of benzene rings is 1. The molecule has 1 nitrogen and oxygen atoms in total. The van der Waals surface area contributed by atoms with Crippen LogP contribution < -0.4 is 0 Å². The molecule has 3 aromatic rings. The van der Waals surface area contributed by atoms with Crippen molar-refractivity contribution in [2.24, 2.45) is 0 Å². The van der Waals surface area contributed by atoms with Crippen LogP contribution >= 0.6 is 0 Å². The molecule has 1 N–H and O–H groups in total. The van der Waals surface area contributed by atoms with Crippen LogP contribution in [-0.4, -0.2) is 5.11 Å². The average molecular weight is 306 g/mol. The molecule has 0 saturated carbocycles. The van der Waals surface area contributed by atoms with Crippen molar-refractivity contribution < 1.29 is 22.2 Å². The van der Waals surface area contributed by atoms with E-state index in [2.05, 4.69) is 6.58 Å². The second kappa shape index (κ2) is 12.0. The Kier molecular flexibility index (Phi) is 10.8. The third kappa shape index (κ3) is 8.98. The van der Waals surface area contributed by atoms with Crippen molar-refractivity contribution >= 4 is 6.08 Å². The summed E-state index contributed by atoms with van der Waals surface area (Å²) >= 11 is 0. The van der Waals surface area contributed by atoms with Crippen molar-refractivity contribution in [2.45, 2.75) is 0 Å². The van der Waals surface area contributed by atoms with E-state index >= 15 is 0 Å². The molecule has 0 fully saturated rings.